The average Bonchev–Trinajstić information content (AvgIpc) is 1.27. The lowest BCUT2D eigenvalue weighted by Gasteiger charge is -1.90. The van der Waals surface area contributed by atoms with Gasteiger partial charge in [0.1, 0.15) is 0 Å². The highest BCUT2D eigenvalue weighted by atomic mass is 19.3. The molecular weight excluding hydrogens is 98.1 g/mol. The minimum absolute atomic E-state index is 0.250. The summed E-state index contributed by atoms with van der Waals surface area (Å²) in [6, 6.07) is 0. The maximum atomic E-state index is 11.1. The predicted molar refractivity (Wildman–Crippen MR) is 24.9 cm³/mol. The van der Waals surface area contributed by atoms with E-state index in [1.807, 2.05) is 0 Å². The van der Waals surface area contributed by atoms with Gasteiger partial charge in [-0.1, -0.05) is 12.2 Å². The lowest BCUT2D eigenvalue weighted by Crippen LogP contribution is -1.78. The fourth-order valence-corrected chi connectivity index (χ4v) is 0.228. The molecule has 0 saturated heterocycles. The van der Waals surface area contributed by atoms with Crippen molar-refractivity contribution in [3.8, 4) is 0 Å². The molecule has 0 atom stereocenters. The fraction of sp³-hybridized carbons (Fsp3) is 0.400. The molecule has 0 saturated carbocycles. The third-order valence-electron chi connectivity index (χ3n) is 0.435. The van der Waals surface area contributed by atoms with Crippen molar-refractivity contribution in [3.63, 3.8) is 0 Å². The molecule has 0 nitrogen and oxygen atoms in total. The molecule has 0 N–H and O–H groups in total. The SMILES string of the molecule is C=C(C)C[C](F)F. The van der Waals surface area contributed by atoms with E-state index in [9.17, 15) is 8.78 Å². The van der Waals surface area contributed by atoms with Crippen molar-refractivity contribution < 1.29 is 8.78 Å². The topological polar surface area (TPSA) is 0 Å². The van der Waals surface area contributed by atoms with Crippen molar-refractivity contribution in [3.05, 3.63) is 18.6 Å². The summed E-state index contributed by atoms with van der Waals surface area (Å²) in [6.07, 6.45) is -1.81. The van der Waals surface area contributed by atoms with Crippen LogP contribution in [0.15, 0.2) is 12.2 Å². The van der Waals surface area contributed by atoms with Gasteiger partial charge in [-0.25, -0.2) is 0 Å². The second kappa shape index (κ2) is 2.72. The summed E-state index contributed by atoms with van der Waals surface area (Å²) in [5.74, 6) is 0. The van der Waals surface area contributed by atoms with E-state index >= 15 is 0 Å². The highest BCUT2D eigenvalue weighted by Gasteiger charge is 2.02. The summed E-state index contributed by atoms with van der Waals surface area (Å²) in [5, 5.41) is 0. The Morgan fingerprint density at radius 2 is 2.00 bits per heavy atom. The van der Waals surface area contributed by atoms with E-state index in [-0.39, 0.29) is 6.42 Å². The average molecular weight is 105 g/mol. The zero-order valence-corrected chi connectivity index (χ0v) is 4.17. The molecule has 0 amide bonds. The molecule has 0 unspecified atom stereocenters. The Balaban J connectivity index is 3.13. The van der Waals surface area contributed by atoms with E-state index in [0.717, 1.165) is 0 Å². The van der Waals surface area contributed by atoms with Crippen LogP contribution in [0.5, 0.6) is 0 Å². The van der Waals surface area contributed by atoms with Gasteiger partial charge in [-0.2, -0.15) is 8.78 Å². The Labute approximate surface area is 41.8 Å². The molecule has 0 spiro atoms. The van der Waals surface area contributed by atoms with Crippen LogP contribution in [0.4, 0.5) is 8.78 Å². The molecule has 0 aliphatic heterocycles. The summed E-state index contributed by atoms with van der Waals surface area (Å²) in [7, 11) is 0. The zero-order valence-electron chi connectivity index (χ0n) is 4.17. The van der Waals surface area contributed by atoms with Gasteiger partial charge >= 0.3 is 6.43 Å². The molecule has 0 aromatic carbocycles. The van der Waals surface area contributed by atoms with Gasteiger partial charge in [0.25, 0.3) is 0 Å². The molecule has 0 aliphatic carbocycles. The number of hydrogen-bond donors (Lipinski definition) is 0. The normalized spacial score (nSPS) is 9.71. The molecule has 0 heterocycles. The largest absolute Gasteiger partial charge is 0.314 e. The van der Waals surface area contributed by atoms with E-state index in [1.54, 1.807) is 6.92 Å². The third kappa shape index (κ3) is 5.60. The van der Waals surface area contributed by atoms with Crippen LogP contribution in [0, 0.1) is 6.43 Å². The van der Waals surface area contributed by atoms with Gasteiger partial charge in [0.2, 0.25) is 0 Å². The van der Waals surface area contributed by atoms with Gasteiger partial charge in [-0.15, -0.1) is 0 Å². The molecular formula is C5H7F2. The number of halogens is 2. The maximum absolute atomic E-state index is 11.1. The van der Waals surface area contributed by atoms with Crippen molar-refractivity contribution >= 4 is 0 Å². The minimum Gasteiger partial charge on any atom is -0.200 e. The Bertz CT molecular complexity index is 66.5. The van der Waals surface area contributed by atoms with Gasteiger partial charge in [0.15, 0.2) is 0 Å². The molecule has 41 valence electrons. The number of hydrogen-bond acceptors (Lipinski definition) is 0. The minimum atomic E-state index is -1.56. The molecule has 0 bridgehead atoms. The molecule has 0 aromatic heterocycles. The highest BCUT2D eigenvalue weighted by molar-refractivity contribution is 4.93. The highest BCUT2D eigenvalue weighted by Crippen LogP contribution is 2.13. The summed E-state index contributed by atoms with van der Waals surface area (Å²) in [5.41, 5.74) is 0.500. The first-order valence-corrected chi connectivity index (χ1v) is 1.94. The third-order valence-corrected chi connectivity index (χ3v) is 0.435. The van der Waals surface area contributed by atoms with Crippen LogP contribution in [-0.2, 0) is 0 Å². The van der Waals surface area contributed by atoms with Crippen LogP contribution in [0.2, 0.25) is 0 Å². The van der Waals surface area contributed by atoms with Gasteiger partial charge in [0.05, 0.1) is 0 Å². The van der Waals surface area contributed by atoms with E-state index in [1.165, 1.54) is 0 Å². The van der Waals surface area contributed by atoms with Crippen molar-refractivity contribution in [2.24, 2.45) is 0 Å². The molecule has 2 heteroatoms. The summed E-state index contributed by atoms with van der Waals surface area (Å²) >= 11 is 0. The molecule has 0 fully saturated rings. The van der Waals surface area contributed by atoms with Crippen LogP contribution in [0.3, 0.4) is 0 Å². The van der Waals surface area contributed by atoms with E-state index in [4.69, 9.17) is 0 Å². The molecule has 0 rings (SSSR count). The van der Waals surface area contributed by atoms with E-state index in [0.29, 0.717) is 5.57 Å². The van der Waals surface area contributed by atoms with E-state index in [2.05, 4.69) is 6.58 Å². The van der Waals surface area contributed by atoms with Crippen LogP contribution in [0.1, 0.15) is 13.3 Å². The monoisotopic (exact) mass is 105 g/mol. The van der Waals surface area contributed by atoms with Crippen molar-refractivity contribution in [2.45, 2.75) is 13.3 Å². The van der Waals surface area contributed by atoms with Gasteiger partial charge < -0.3 is 0 Å². The van der Waals surface area contributed by atoms with Crippen molar-refractivity contribution in [1.29, 1.82) is 0 Å². The lowest BCUT2D eigenvalue weighted by atomic mass is 10.3. The van der Waals surface area contributed by atoms with Gasteiger partial charge in [0, 0.05) is 6.42 Å². The lowest BCUT2D eigenvalue weighted by molar-refractivity contribution is 0.282. The smallest absolute Gasteiger partial charge is 0.200 e. The quantitative estimate of drug-likeness (QED) is 0.473. The Morgan fingerprint density at radius 1 is 1.57 bits per heavy atom. The maximum Gasteiger partial charge on any atom is 0.314 e. The molecule has 0 aromatic rings. The standard InChI is InChI=1S/C5H7F2/c1-4(2)3-5(6)7/h1,3H2,2H3. The van der Waals surface area contributed by atoms with Crippen LogP contribution in [0.25, 0.3) is 0 Å². The second-order valence-corrected chi connectivity index (χ2v) is 1.47. The van der Waals surface area contributed by atoms with Gasteiger partial charge in [-0.3, -0.25) is 0 Å². The van der Waals surface area contributed by atoms with Crippen LogP contribution in [-0.4, -0.2) is 0 Å². The summed E-state index contributed by atoms with van der Waals surface area (Å²) < 4.78 is 22.3. The summed E-state index contributed by atoms with van der Waals surface area (Å²) in [4.78, 5) is 0. The molecule has 7 heavy (non-hydrogen) atoms. The van der Waals surface area contributed by atoms with Gasteiger partial charge in [-0.05, 0) is 6.92 Å². The number of allylic oxidation sites excluding steroid dienone is 1. The zero-order chi connectivity index (χ0) is 5.86. The van der Waals surface area contributed by atoms with E-state index < -0.39 is 6.43 Å². The Morgan fingerprint density at radius 3 is 2.00 bits per heavy atom. The Hall–Kier alpha value is -0.400. The molecule has 0 aliphatic rings. The predicted octanol–water partition coefficient (Wildman–Crippen LogP) is 2.38. The summed E-state index contributed by atoms with van der Waals surface area (Å²) in [6.45, 7) is 4.86. The first-order chi connectivity index (χ1) is 3.13. The van der Waals surface area contributed by atoms with Crippen molar-refractivity contribution in [2.75, 3.05) is 0 Å². The first-order valence-electron chi connectivity index (χ1n) is 1.94. The van der Waals surface area contributed by atoms with Crippen LogP contribution >= 0.6 is 0 Å². The second-order valence-electron chi connectivity index (χ2n) is 1.47. The van der Waals surface area contributed by atoms with Crippen molar-refractivity contribution in [1.82, 2.24) is 0 Å². The Kier molecular flexibility index (Phi) is 2.56. The first kappa shape index (κ1) is 6.60. The van der Waals surface area contributed by atoms with Crippen LogP contribution < -0.4 is 0 Å². The fourth-order valence-electron chi connectivity index (χ4n) is 0.228. The number of rotatable bonds is 2. The molecule has 1 radical (unpaired) electrons.